The Morgan fingerprint density at radius 1 is 0.879 bits per heavy atom. The van der Waals surface area contributed by atoms with Crippen LogP contribution in [0, 0.1) is 5.82 Å². The first-order chi connectivity index (χ1) is 16.2. The summed E-state index contributed by atoms with van der Waals surface area (Å²) in [4.78, 5) is 23.9. The van der Waals surface area contributed by atoms with Crippen LogP contribution in [0.2, 0.25) is 0 Å². The van der Waals surface area contributed by atoms with Crippen LogP contribution in [-0.2, 0) is 0 Å². The fraction of sp³-hybridized carbons (Fsp3) is 0.308. The number of hydrogen-bond donors (Lipinski definition) is 1. The largest absolute Gasteiger partial charge is 0.368 e. The van der Waals surface area contributed by atoms with Gasteiger partial charge in [-0.15, -0.1) is 0 Å². The summed E-state index contributed by atoms with van der Waals surface area (Å²) in [5.74, 6) is 0.672. The smallest absolute Gasteiger partial charge is 0.255 e. The van der Waals surface area contributed by atoms with E-state index in [0.717, 1.165) is 44.2 Å². The van der Waals surface area contributed by atoms with Gasteiger partial charge in [0.2, 0.25) is 0 Å². The van der Waals surface area contributed by atoms with Crippen molar-refractivity contribution in [2.45, 2.75) is 6.04 Å². The number of rotatable bonds is 4. The summed E-state index contributed by atoms with van der Waals surface area (Å²) >= 11 is 0. The van der Waals surface area contributed by atoms with E-state index in [1.165, 1.54) is 17.7 Å². The molecule has 0 spiro atoms. The minimum atomic E-state index is -0.236. The quantitative estimate of drug-likeness (QED) is 0.668. The Kier molecular flexibility index (Phi) is 6.21. The molecule has 1 unspecified atom stereocenters. The molecule has 0 bridgehead atoms. The van der Waals surface area contributed by atoms with E-state index in [0.29, 0.717) is 18.7 Å². The number of piperazine rings is 2. The van der Waals surface area contributed by atoms with Gasteiger partial charge in [-0.1, -0.05) is 30.3 Å². The van der Waals surface area contributed by atoms with Gasteiger partial charge in [-0.2, -0.15) is 0 Å². The molecule has 6 nitrogen and oxygen atoms in total. The molecule has 1 N–H and O–H groups in total. The number of benzene rings is 2. The van der Waals surface area contributed by atoms with Gasteiger partial charge in [0.05, 0.1) is 5.56 Å². The third kappa shape index (κ3) is 4.83. The summed E-state index contributed by atoms with van der Waals surface area (Å²) < 4.78 is 13.2. The van der Waals surface area contributed by atoms with E-state index >= 15 is 0 Å². The molecule has 0 saturated carbocycles. The third-order valence-electron chi connectivity index (χ3n) is 6.45. The summed E-state index contributed by atoms with van der Waals surface area (Å²) in [7, 11) is 0. The van der Waals surface area contributed by atoms with Gasteiger partial charge < -0.3 is 20.0 Å². The average molecular weight is 446 g/mol. The van der Waals surface area contributed by atoms with Crippen molar-refractivity contribution in [1.82, 2.24) is 15.2 Å². The standard InChI is InChI=1S/C26H28FN5O/c27-22-7-9-23(10-8-22)30-14-16-31(17-15-30)26(33)21-6-11-25(29-18-21)32-13-12-28-24(19-32)20-4-2-1-3-5-20/h1-11,18,24,28H,12-17,19H2. The number of pyridine rings is 1. The first-order valence-electron chi connectivity index (χ1n) is 11.5. The molecular formula is C26H28FN5O. The van der Waals surface area contributed by atoms with Gasteiger partial charge in [0.1, 0.15) is 11.6 Å². The lowest BCUT2D eigenvalue weighted by atomic mass is 10.0. The second kappa shape index (κ2) is 9.58. The highest BCUT2D eigenvalue weighted by atomic mass is 19.1. The topological polar surface area (TPSA) is 51.7 Å². The van der Waals surface area contributed by atoms with E-state index in [4.69, 9.17) is 0 Å². The number of hydrogen-bond acceptors (Lipinski definition) is 5. The highest BCUT2D eigenvalue weighted by Gasteiger charge is 2.24. The Hall–Kier alpha value is -3.45. The van der Waals surface area contributed by atoms with Gasteiger partial charge >= 0.3 is 0 Å². The van der Waals surface area contributed by atoms with Crippen LogP contribution < -0.4 is 15.1 Å². The van der Waals surface area contributed by atoms with Crippen molar-refractivity contribution < 1.29 is 9.18 Å². The molecule has 33 heavy (non-hydrogen) atoms. The molecule has 1 atom stereocenters. The van der Waals surface area contributed by atoms with E-state index in [1.54, 1.807) is 18.3 Å². The van der Waals surface area contributed by atoms with E-state index in [1.807, 2.05) is 23.1 Å². The molecule has 2 aliphatic heterocycles. The molecule has 5 rings (SSSR count). The second-order valence-corrected chi connectivity index (χ2v) is 8.52. The van der Waals surface area contributed by atoms with Crippen molar-refractivity contribution in [1.29, 1.82) is 0 Å². The molecule has 2 saturated heterocycles. The van der Waals surface area contributed by atoms with Crippen molar-refractivity contribution in [3.8, 4) is 0 Å². The summed E-state index contributed by atoms with van der Waals surface area (Å²) in [6, 6.07) is 21.1. The van der Waals surface area contributed by atoms with Crippen LogP contribution in [0.5, 0.6) is 0 Å². The number of nitrogens with one attached hydrogen (secondary N) is 1. The van der Waals surface area contributed by atoms with Gasteiger partial charge in [-0.05, 0) is 42.0 Å². The van der Waals surface area contributed by atoms with Crippen LogP contribution in [0.3, 0.4) is 0 Å². The maximum absolute atomic E-state index is 13.2. The number of anilines is 2. The van der Waals surface area contributed by atoms with Crippen molar-refractivity contribution >= 4 is 17.4 Å². The summed E-state index contributed by atoms with van der Waals surface area (Å²) in [6.07, 6.45) is 1.70. The van der Waals surface area contributed by atoms with Crippen molar-refractivity contribution in [3.05, 3.63) is 89.9 Å². The van der Waals surface area contributed by atoms with Crippen LogP contribution in [-0.4, -0.2) is 61.6 Å². The first kappa shape index (κ1) is 21.4. The molecule has 2 aromatic carbocycles. The van der Waals surface area contributed by atoms with Crippen molar-refractivity contribution in [2.75, 3.05) is 55.6 Å². The molecule has 170 valence electrons. The Labute approximate surface area is 193 Å². The number of carbonyl (C=O) groups excluding carboxylic acids is 1. The lowest BCUT2D eigenvalue weighted by Gasteiger charge is -2.36. The molecule has 1 aromatic heterocycles. The van der Waals surface area contributed by atoms with Gasteiger partial charge in [-0.25, -0.2) is 9.37 Å². The number of carbonyl (C=O) groups is 1. The normalized spacial score (nSPS) is 18.9. The minimum absolute atomic E-state index is 0.00952. The van der Waals surface area contributed by atoms with Gasteiger partial charge in [0.15, 0.2) is 0 Å². The van der Waals surface area contributed by atoms with Gasteiger partial charge in [0.25, 0.3) is 5.91 Å². The molecule has 7 heteroatoms. The predicted octanol–water partition coefficient (Wildman–Crippen LogP) is 3.33. The van der Waals surface area contributed by atoms with E-state index in [-0.39, 0.29) is 17.8 Å². The summed E-state index contributed by atoms with van der Waals surface area (Å²) in [5, 5.41) is 3.57. The number of amides is 1. The molecule has 2 aliphatic rings. The molecule has 0 aliphatic carbocycles. The zero-order valence-corrected chi connectivity index (χ0v) is 18.5. The lowest BCUT2D eigenvalue weighted by Crippen LogP contribution is -2.48. The third-order valence-corrected chi connectivity index (χ3v) is 6.45. The maximum Gasteiger partial charge on any atom is 0.255 e. The summed E-state index contributed by atoms with van der Waals surface area (Å²) in [5.41, 5.74) is 2.87. The zero-order chi connectivity index (χ0) is 22.6. The van der Waals surface area contributed by atoms with E-state index in [2.05, 4.69) is 44.4 Å². The fourth-order valence-corrected chi connectivity index (χ4v) is 4.57. The van der Waals surface area contributed by atoms with Gasteiger partial charge in [-0.3, -0.25) is 4.79 Å². The van der Waals surface area contributed by atoms with Crippen LogP contribution in [0.25, 0.3) is 0 Å². The number of halogens is 1. The van der Waals surface area contributed by atoms with Crippen molar-refractivity contribution in [2.24, 2.45) is 0 Å². The lowest BCUT2D eigenvalue weighted by molar-refractivity contribution is 0.0746. The zero-order valence-electron chi connectivity index (χ0n) is 18.5. The molecule has 1 amide bonds. The van der Waals surface area contributed by atoms with Crippen LogP contribution >= 0.6 is 0 Å². The molecule has 3 heterocycles. The van der Waals surface area contributed by atoms with Crippen LogP contribution in [0.4, 0.5) is 15.9 Å². The minimum Gasteiger partial charge on any atom is -0.368 e. The number of nitrogens with zero attached hydrogens (tertiary/aromatic N) is 4. The Balaban J connectivity index is 1.19. The van der Waals surface area contributed by atoms with Crippen LogP contribution in [0.1, 0.15) is 22.0 Å². The molecular weight excluding hydrogens is 417 g/mol. The fourth-order valence-electron chi connectivity index (χ4n) is 4.57. The second-order valence-electron chi connectivity index (χ2n) is 8.52. The summed E-state index contributed by atoms with van der Waals surface area (Å²) in [6.45, 7) is 5.34. The monoisotopic (exact) mass is 445 g/mol. The average Bonchev–Trinajstić information content (AvgIpc) is 2.89. The number of aromatic nitrogens is 1. The first-order valence-corrected chi connectivity index (χ1v) is 11.5. The highest BCUT2D eigenvalue weighted by molar-refractivity contribution is 5.94. The van der Waals surface area contributed by atoms with E-state index in [9.17, 15) is 9.18 Å². The SMILES string of the molecule is O=C(c1ccc(N2CCNC(c3ccccc3)C2)nc1)N1CCN(c2ccc(F)cc2)CC1. The van der Waals surface area contributed by atoms with Crippen LogP contribution in [0.15, 0.2) is 72.9 Å². The predicted molar refractivity (Wildman–Crippen MR) is 128 cm³/mol. The molecule has 3 aromatic rings. The Morgan fingerprint density at radius 3 is 2.33 bits per heavy atom. The Morgan fingerprint density at radius 2 is 1.64 bits per heavy atom. The maximum atomic E-state index is 13.2. The molecule has 0 radical (unpaired) electrons. The van der Waals surface area contributed by atoms with E-state index < -0.39 is 0 Å². The van der Waals surface area contributed by atoms with Gasteiger partial charge in [0, 0.05) is 63.7 Å². The Bertz CT molecular complexity index is 1070. The molecule has 2 fully saturated rings. The highest BCUT2D eigenvalue weighted by Crippen LogP contribution is 2.22. The van der Waals surface area contributed by atoms with Crippen molar-refractivity contribution in [3.63, 3.8) is 0 Å².